The number of nitrogens with zero attached hydrogens (tertiary/aromatic N) is 1. The number of hydrogen-bond donors (Lipinski definition) is 2. The maximum atomic E-state index is 13.8. The lowest BCUT2D eigenvalue weighted by Gasteiger charge is -2.11. The van der Waals surface area contributed by atoms with E-state index < -0.39 is 11.6 Å². The van der Waals surface area contributed by atoms with Crippen molar-refractivity contribution in [3.63, 3.8) is 0 Å². The Morgan fingerprint density at radius 2 is 1.67 bits per heavy atom. The van der Waals surface area contributed by atoms with Crippen LogP contribution in [0.1, 0.15) is 25.8 Å². The Kier molecular flexibility index (Phi) is 5.09. The zero-order valence-electron chi connectivity index (χ0n) is 12.2. The van der Waals surface area contributed by atoms with Crippen molar-refractivity contribution < 1.29 is 8.78 Å². The van der Waals surface area contributed by atoms with Gasteiger partial charge in [0.1, 0.15) is 0 Å². The Balaban J connectivity index is 2.20. The van der Waals surface area contributed by atoms with Gasteiger partial charge in [-0.25, -0.2) is 13.8 Å². The van der Waals surface area contributed by atoms with Crippen molar-refractivity contribution in [2.24, 2.45) is 0 Å². The number of pyridine rings is 1. The van der Waals surface area contributed by atoms with Crippen LogP contribution < -0.4 is 10.6 Å². The van der Waals surface area contributed by atoms with Crippen LogP contribution in [-0.2, 0) is 6.42 Å². The molecule has 1 aromatic heterocycles. The van der Waals surface area contributed by atoms with Gasteiger partial charge >= 0.3 is 0 Å². The maximum absolute atomic E-state index is 13.8. The van der Waals surface area contributed by atoms with Crippen molar-refractivity contribution in [3.05, 3.63) is 47.5 Å². The third-order valence-corrected chi connectivity index (χ3v) is 3.03. The molecule has 0 amide bonds. The number of hydrogen-bond acceptors (Lipinski definition) is 3. The predicted octanol–water partition coefficient (Wildman–Crippen LogP) is 4.49. The number of rotatable bonds is 6. The largest absolute Gasteiger partial charge is 0.368 e. The molecular formula is C16H19F2N3. The summed E-state index contributed by atoms with van der Waals surface area (Å²) in [6, 6.07) is 8.53. The van der Waals surface area contributed by atoms with Gasteiger partial charge in [-0.15, -0.1) is 0 Å². The number of anilines is 3. The second-order valence-corrected chi connectivity index (χ2v) is 4.75. The van der Waals surface area contributed by atoms with Gasteiger partial charge in [-0.3, -0.25) is 0 Å². The zero-order chi connectivity index (χ0) is 15.2. The van der Waals surface area contributed by atoms with Crippen LogP contribution in [0.5, 0.6) is 0 Å². The monoisotopic (exact) mass is 291 g/mol. The highest BCUT2D eigenvalue weighted by molar-refractivity contribution is 5.59. The molecule has 5 heteroatoms. The molecule has 0 unspecified atom stereocenters. The van der Waals surface area contributed by atoms with Crippen molar-refractivity contribution >= 4 is 17.3 Å². The molecule has 2 rings (SSSR count). The van der Waals surface area contributed by atoms with Gasteiger partial charge in [-0.05, 0) is 31.0 Å². The van der Waals surface area contributed by atoms with Gasteiger partial charge < -0.3 is 10.6 Å². The molecule has 0 radical (unpaired) electrons. The van der Waals surface area contributed by atoms with E-state index in [0.717, 1.165) is 24.6 Å². The van der Waals surface area contributed by atoms with E-state index in [2.05, 4.69) is 22.5 Å². The lowest BCUT2D eigenvalue weighted by Crippen LogP contribution is -2.06. The molecule has 3 nitrogen and oxygen atoms in total. The van der Waals surface area contributed by atoms with Crippen LogP contribution >= 0.6 is 0 Å². The maximum Gasteiger partial charge on any atom is 0.169 e. The summed E-state index contributed by atoms with van der Waals surface area (Å²) < 4.78 is 27.3. The van der Waals surface area contributed by atoms with Crippen LogP contribution in [0.25, 0.3) is 0 Å². The molecule has 21 heavy (non-hydrogen) atoms. The number of aromatic nitrogens is 1. The quantitative estimate of drug-likeness (QED) is 0.823. The van der Waals surface area contributed by atoms with Crippen molar-refractivity contribution in [3.8, 4) is 0 Å². The van der Waals surface area contributed by atoms with E-state index >= 15 is 0 Å². The number of benzene rings is 1. The van der Waals surface area contributed by atoms with Crippen LogP contribution in [-0.4, -0.2) is 11.5 Å². The van der Waals surface area contributed by atoms with Gasteiger partial charge in [-0.2, -0.15) is 0 Å². The second-order valence-electron chi connectivity index (χ2n) is 4.75. The Labute approximate surface area is 123 Å². The Bertz CT molecular complexity index is 597. The SMILES string of the molecule is CCCc1ccc(Nc2nc(NCC)c(F)cc2F)cc1. The fraction of sp³-hybridized carbons (Fsp3) is 0.312. The van der Waals surface area contributed by atoms with Crippen LogP contribution in [0.3, 0.4) is 0 Å². The first kappa shape index (κ1) is 15.2. The highest BCUT2D eigenvalue weighted by Gasteiger charge is 2.11. The first-order valence-corrected chi connectivity index (χ1v) is 7.10. The fourth-order valence-electron chi connectivity index (χ4n) is 2.03. The highest BCUT2D eigenvalue weighted by Crippen LogP contribution is 2.23. The first-order valence-electron chi connectivity index (χ1n) is 7.10. The van der Waals surface area contributed by atoms with E-state index in [1.54, 1.807) is 0 Å². The third-order valence-electron chi connectivity index (χ3n) is 3.03. The number of aryl methyl sites for hydroxylation is 1. The van der Waals surface area contributed by atoms with Gasteiger partial charge in [0.25, 0.3) is 0 Å². The van der Waals surface area contributed by atoms with Crippen molar-refractivity contribution in [1.82, 2.24) is 4.98 Å². The van der Waals surface area contributed by atoms with E-state index in [0.29, 0.717) is 6.54 Å². The second kappa shape index (κ2) is 7.02. The molecule has 1 heterocycles. The smallest absolute Gasteiger partial charge is 0.169 e. The Hall–Kier alpha value is -2.17. The molecule has 0 aliphatic carbocycles. The first-order chi connectivity index (χ1) is 10.1. The molecule has 0 bridgehead atoms. The van der Waals surface area contributed by atoms with E-state index in [1.165, 1.54) is 5.56 Å². The summed E-state index contributed by atoms with van der Waals surface area (Å²) in [6.07, 6.45) is 2.08. The minimum atomic E-state index is -0.716. The molecule has 0 aliphatic heterocycles. The topological polar surface area (TPSA) is 37.0 Å². The summed E-state index contributed by atoms with van der Waals surface area (Å²) >= 11 is 0. The van der Waals surface area contributed by atoms with Gasteiger partial charge in [0.2, 0.25) is 0 Å². The standard InChI is InChI=1S/C16H19F2N3/c1-3-5-11-6-8-12(9-7-11)20-16-14(18)10-13(17)15(21-16)19-4-2/h6-10H,3-5H2,1-2H3,(H2,19,20,21). The summed E-state index contributed by atoms with van der Waals surface area (Å²) in [6.45, 7) is 4.46. The molecule has 0 aliphatic rings. The van der Waals surface area contributed by atoms with E-state index in [9.17, 15) is 8.78 Å². The van der Waals surface area contributed by atoms with Crippen molar-refractivity contribution in [1.29, 1.82) is 0 Å². The van der Waals surface area contributed by atoms with Gasteiger partial charge in [0.05, 0.1) is 0 Å². The van der Waals surface area contributed by atoms with Gasteiger partial charge in [0, 0.05) is 18.3 Å². The molecule has 0 atom stereocenters. The average Bonchev–Trinajstić information content (AvgIpc) is 2.46. The Morgan fingerprint density at radius 3 is 2.29 bits per heavy atom. The summed E-state index contributed by atoms with van der Waals surface area (Å²) in [5.41, 5.74) is 1.94. The fourth-order valence-corrected chi connectivity index (χ4v) is 2.03. The number of halogens is 2. The summed E-state index contributed by atoms with van der Waals surface area (Å²) in [7, 11) is 0. The molecule has 0 saturated carbocycles. The molecule has 112 valence electrons. The van der Waals surface area contributed by atoms with Crippen LogP contribution in [0, 0.1) is 11.6 Å². The van der Waals surface area contributed by atoms with E-state index in [1.807, 2.05) is 31.2 Å². The van der Waals surface area contributed by atoms with Crippen LogP contribution in [0.2, 0.25) is 0 Å². The normalized spacial score (nSPS) is 10.5. The summed E-state index contributed by atoms with van der Waals surface area (Å²) in [4.78, 5) is 3.94. The zero-order valence-corrected chi connectivity index (χ0v) is 12.2. The minimum Gasteiger partial charge on any atom is -0.368 e. The van der Waals surface area contributed by atoms with Gasteiger partial charge in [0.15, 0.2) is 23.3 Å². The van der Waals surface area contributed by atoms with E-state index in [4.69, 9.17) is 0 Å². The molecule has 0 saturated heterocycles. The van der Waals surface area contributed by atoms with Crippen LogP contribution in [0.15, 0.2) is 30.3 Å². The highest BCUT2D eigenvalue weighted by atomic mass is 19.1. The molecule has 0 spiro atoms. The average molecular weight is 291 g/mol. The van der Waals surface area contributed by atoms with E-state index in [-0.39, 0.29) is 11.6 Å². The van der Waals surface area contributed by atoms with Gasteiger partial charge in [-0.1, -0.05) is 25.5 Å². The molecule has 1 aromatic carbocycles. The minimum absolute atomic E-state index is 0.00981. The lowest BCUT2D eigenvalue weighted by molar-refractivity contribution is 0.579. The molecule has 2 N–H and O–H groups in total. The molecule has 2 aromatic rings. The predicted molar refractivity (Wildman–Crippen MR) is 82.0 cm³/mol. The Morgan fingerprint density at radius 1 is 1.00 bits per heavy atom. The molecular weight excluding hydrogens is 272 g/mol. The summed E-state index contributed by atoms with van der Waals surface area (Å²) in [5.74, 6) is -1.36. The summed E-state index contributed by atoms with van der Waals surface area (Å²) in [5, 5.41) is 5.64. The number of nitrogens with one attached hydrogen (secondary N) is 2. The molecule has 0 fully saturated rings. The van der Waals surface area contributed by atoms with Crippen LogP contribution in [0.4, 0.5) is 26.1 Å². The third kappa shape index (κ3) is 3.90. The lowest BCUT2D eigenvalue weighted by atomic mass is 10.1. The van der Waals surface area contributed by atoms with Crippen molar-refractivity contribution in [2.75, 3.05) is 17.2 Å². The van der Waals surface area contributed by atoms with Crippen molar-refractivity contribution in [2.45, 2.75) is 26.7 Å².